The monoisotopic (exact) mass is 255 g/mol. The maximum atomic E-state index is 12.2. The molecule has 19 heavy (non-hydrogen) atoms. The molecule has 5 heteroatoms. The molecule has 0 saturated carbocycles. The maximum Gasteiger partial charge on any atom is 0.237 e. The van der Waals surface area contributed by atoms with Crippen LogP contribution in [0.15, 0.2) is 36.5 Å². The minimum absolute atomic E-state index is 0.143. The minimum atomic E-state index is -0.305. The molecule has 0 aliphatic carbocycles. The van der Waals surface area contributed by atoms with Crippen molar-refractivity contribution in [3.05, 3.63) is 47.8 Å². The van der Waals surface area contributed by atoms with Crippen LogP contribution in [0, 0.1) is 6.92 Å². The number of aryl methyl sites for hydroxylation is 1. The highest BCUT2D eigenvalue weighted by molar-refractivity contribution is 5.95. The third kappa shape index (κ3) is 2.27. The van der Waals surface area contributed by atoms with Crippen LogP contribution in [0.3, 0.4) is 0 Å². The lowest BCUT2D eigenvalue weighted by atomic mass is 10.0. The van der Waals surface area contributed by atoms with Crippen molar-refractivity contribution in [1.82, 2.24) is 9.97 Å². The van der Waals surface area contributed by atoms with E-state index in [2.05, 4.69) is 15.3 Å². The molecule has 3 rings (SSSR count). The molecule has 1 aliphatic heterocycles. The number of carbonyl (C=O) groups is 1. The van der Waals surface area contributed by atoms with Gasteiger partial charge in [0.25, 0.3) is 0 Å². The van der Waals surface area contributed by atoms with Gasteiger partial charge in [0.1, 0.15) is 18.3 Å². The van der Waals surface area contributed by atoms with Gasteiger partial charge in [0.2, 0.25) is 11.9 Å². The first-order valence-electron chi connectivity index (χ1n) is 6.06. The number of anilines is 1. The van der Waals surface area contributed by atoms with Crippen LogP contribution in [-0.4, -0.2) is 22.5 Å². The van der Waals surface area contributed by atoms with Gasteiger partial charge in [-0.25, -0.2) is 9.97 Å². The van der Waals surface area contributed by atoms with E-state index in [1.54, 1.807) is 12.3 Å². The van der Waals surface area contributed by atoms with Gasteiger partial charge < -0.3 is 4.74 Å². The van der Waals surface area contributed by atoms with Gasteiger partial charge in [-0.1, -0.05) is 18.2 Å². The van der Waals surface area contributed by atoms with Crippen molar-refractivity contribution in [1.29, 1.82) is 0 Å². The second-order valence-corrected chi connectivity index (χ2v) is 4.41. The number of nitrogens with zero attached hydrogens (tertiary/aromatic N) is 2. The summed E-state index contributed by atoms with van der Waals surface area (Å²) in [5.41, 5.74) is 1.72. The molecular weight excluding hydrogens is 242 g/mol. The van der Waals surface area contributed by atoms with Gasteiger partial charge in [-0.2, -0.15) is 0 Å². The average molecular weight is 255 g/mol. The molecule has 2 heterocycles. The van der Waals surface area contributed by atoms with Gasteiger partial charge in [0.05, 0.1) is 0 Å². The normalized spacial score (nSPS) is 16.6. The van der Waals surface area contributed by atoms with E-state index in [1.165, 1.54) is 0 Å². The number of amides is 1. The van der Waals surface area contributed by atoms with E-state index in [9.17, 15) is 4.79 Å². The third-order valence-corrected chi connectivity index (χ3v) is 3.05. The molecule has 1 atom stereocenters. The highest BCUT2D eigenvalue weighted by atomic mass is 16.5. The third-order valence-electron chi connectivity index (χ3n) is 3.05. The molecular formula is C14H13N3O2. The number of nitrogens with one attached hydrogen (secondary N) is 1. The highest BCUT2D eigenvalue weighted by Crippen LogP contribution is 2.33. The van der Waals surface area contributed by atoms with Crippen LogP contribution < -0.4 is 10.1 Å². The topological polar surface area (TPSA) is 64.1 Å². The maximum absolute atomic E-state index is 12.2. The van der Waals surface area contributed by atoms with Crippen molar-refractivity contribution in [2.45, 2.75) is 12.8 Å². The van der Waals surface area contributed by atoms with E-state index < -0.39 is 0 Å². The second-order valence-electron chi connectivity index (χ2n) is 4.41. The molecule has 0 fully saturated rings. The Balaban J connectivity index is 1.79. The largest absolute Gasteiger partial charge is 0.492 e. The van der Waals surface area contributed by atoms with Crippen LogP contribution in [0.1, 0.15) is 17.2 Å². The Morgan fingerprint density at radius 3 is 3.05 bits per heavy atom. The molecule has 1 N–H and O–H groups in total. The van der Waals surface area contributed by atoms with Crippen LogP contribution in [0.4, 0.5) is 5.95 Å². The predicted octanol–water partition coefficient (Wildman–Crippen LogP) is 1.90. The number of benzene rings is 1. The van der Waals surface area contributed by atoms with Crippen LogP contribution in [-0.2, 0) is 4.79 Å². The Morgan fingerprint density at radius 2 is 2.21 bits per heavy atom. The molecule has 1 aliphatic rings. The highest BCUT2D eigenvalue weighted by Gasteiger charge is 2.30. The molecule has 96 valence electrons. The van der Waals surface area contributed by atoms with Gasteiger partial charge in [-0.05, 0) is 19.1 Å². The summed E-state index contributed by atoms with van der Waals surface area (Å²) in [4.78, 5) is 20.4. The molecule has 1 aromatic heterocycles. The molecule has 2 aromatic rings. The summed E-state index contributed by atoms with van der Waals surface area (Å²) in [6, 6.07) is 9.35. The quantitative estimate of drug-likeness (QED) is 0.890. The summed E-state index contributed by atoms with van der Waals surface area (Å²) in [5.74, 6) is 0.651. The first-order valence-corrected chi connectivity index (χ1v) is 6.06. The van der Waals surface area contributed by atoms with Crippen LogP contribution >= 0.6 is 0 Å². The zero-order valence-corrected chi connectivity index (χ0v) is 10.5. The number of rotatable bonds is 2. The SMILES string of the molecule is Cc1ccnc(NC(=O)C2COc3ccccc32)n1. The summed E-state index contributed by atoms with van der Waals surface area (Å²) in [7, 11) is 0. The van der Waals surface area contributed by atoms with Gasteiger partial charge in [0.15, 0.2) is 0 Å². The first kappa shape index (κ1) is 11.6. The summed E-state index contributed by atoms with van der Waals surface area (Å²) < 4.78 is 5.49. The first-order chi connectivity index (χ1) is 9.24. The van der Waals surface area contributed by atoms with Gasteiger partial charge >= 0.3 is 0 Å². The summed E-state index contributed by atoms with van der Waals surface area (Å²) in [6.07, 6.45) is 1.62. The Bertz CT molecular complexity index is 628. The standard InChI is InChI=1S/C14H13N3O2/c1-9-6-7-15-14(16-9)17-13(18)11-8-19-12-5-3-2-4-10(11)12/h2-7,11H,8H2,1H3,(H,15,16,17,18). The molecule has 0 spiro atoms. The molecule has 0 radical (unpaired) electrons. The zero-order chi connectivity index (χ0) is 13.2. The lowest BCUT2D eigenvalue weighted by molar-refractivity contribution is -0.117. The Kier molecular flexibility index (Phi) is 2.87. The molecule has 1 unspecified atom stereocenters. The molecule has 5 nitrogen and oxygen atoms in total. The number of fused-ring (bicyclic) bond motifs is 1. The van der Waals surface area contributed by atoms with E-state index >= 15 is 0 Å². The summed E-state index contributed by atoms with van der Waals surface area (Å²) in [5, 5.41) is 2.72. The Hall–Kier alpha value is -2.43. The molecule has 0 bridgehead atoms. The van der Waals surface area contributed by atoms with E-state index in [4.69, 9.17) is 4.74 Å². The Labute approximate surface area is 110 Å². The average Bonchev–Trinajstić information content (AvgIpc) is 2.82. The Morgan fingerprint density at radius 1 is 1.37 bits per heavy atom. The lowest BCUT2D eigenvalue weighted by Crippen LogP contribution is -2.23. The van der Waals surface area contributed by atoms with Gasteiger partial charge in [0, 0.05) is 17.5 Å². The fourth-order valence-electron chi connectivity index (χ4n) is 2.09. The zero-order valence-electron chi connectivity index (χ0n) is 10.5. The number of para-hydroxylation sites is 1. The fraction of sp³-hybridized carbons (Fsp3) is 0.214. The van der Waals surface area contributed by atoms with Crippen molar-refractivity contribution in [2.24, 2.45) is 0 Å². The van der Waals surface area contributed by atoms with E-state index in [1.807, 2.05) is 31.2 Å². The number of aromatic nitrogens is 2. The van der Waals surface area contributed by atoms with Gasteiger partial charge in [-0.3, -0.25) is 10.1 Å². The minimum Gasteiger partial charge on any atom is -0.492 e. The number of ether oxygens (including phenoxy) is 1. The smallest absolute Gasteiger partial charge is 0.237 e. The summed E-state index contributed by atoms with van der Waals surface area (Å²) in [6.45, 7) is 2.21. The van der Waals surface area contributed by atoms with Gasteiger partial charge in [-0.15, -0.1) is 0 Å². The molecule has 1 aromatic carbocycles. The predicted molar refractivity (Wildman–Crippen MR) is 70.1 cm³/mol. The number of hydrogen-bond acceptors (Lipinski definition) is 4. The van der Waals surface area contributed by atoms with Crippen molar-refractivity contribution < 1.29 is 9.53 Å². The van der Waals surface area contributed by atoms with E-state index in [-0.39, 0.29) is 11.8 Å². The summed E-state index contributed by atoms with van der Waals surface area (Å²) >= 11 is 0. The van der Waals surface area contributed by atoms with E-state index in [0.717, 1.165) is 17.0 Å². The molecule has 1 amide bonds. The van der Waals surface area contributed by atoms with Crippen LogP contribution in [0.2, 0.25) is 0 Å². The molecule has 0 saturated heterocycles. The van der Waals surface area contributed by atoms with Crippen molar-refractivity contribution in [3.8, 4) is 5.75 Å². The van der Waals surface area contributed by atoms with E-state index in [0.29, 0.717) is 12.6 Å². The lowest BCUT2D eigenvalue weighted by Gasteiger charge is -2.09. The van der Waals surface area contributed by atoms with Crippen molar-refractivity contribution in [3.63, 3.8) is 0 Å². The van der Waals surface area contributed by atoms with Crippen LogP contribution in [0.25, 0.3) is 0 Å². The number of hydrogen-bond donors (Lipinski definition) is 1. The van der Waals surface area contributed by atoms with Crippen LogP contribution in [0.5, 0.6) is 5.75 Å². The van der Waals surface area contributed by atoms with Crippen molar-refractivity contribution >= 4 is 11.9 Å². The number of carbonyl (C=O) groups excluding carboxylic acids is 1. The second kappa shape index (κ2) is 4.68. The fourth-order valence-corrected chi connectivity index (χ4v) is 2.09. The van der Waals surface area contributed by atoms with Crippen molar-refractivity contribution in [2.75, 3.05) is 11.9 Å².